The Kier molecular flexibility index (Phi) is 2.43. The van der Waals surface area contributed by atoms with E-state index in [1.807, 2.05) is 6.92 Å². The van der Waals surface area contributed by atoms with Crippen molar-refractivity contribution >= 4 is 19.9 Å². The fourth-order valence-electron chi connectivity index (χ4n) is 0.782. The van der Waals surface area contributed by atoms with Crippen LogP contribution in [0.5, 0.6) is 0 Å². The topological polar surface area (TPSA) is 43.4 Å². The largest absolute Gasteiger partial charge is 0.322 e. The second-order valence-electron chi connectivity index (χ2n) is 2.97. The van der Waals surface area contributed by atoms with Gasteiger partial charge in [0.05, 0.1) is 12.0 Å². The zero-order valence-electron chi connectivity index (χ0n) is 6.90. The summed E-state index contributed by atoms with van der Waals surface area (Å²) in [5.74, 6) is 2.56. The molecule has 0 aromatic rings. The van der Waals surface area contributed by atoms with E-state index in [2.05, 4.69) is 10.1 Å². The molecule has 0 radical (unpaired) electrons. The van der Waals surface area contributed by atoms with Gasteiger partial charge in [-0.3, -0.25) is 4.18 Å². The lowest BCUT2D eigenvalue weighted by Gasteiger charge is -2.32. The summed E-state index contributed by atoms with van der Waals surface area (Å²) in [6.07, 6.45) is 5.28. The second-order valence-corrected chi connectivity index (χ2v) is 6.72. The van der Waals surface area contributed by atoms with Crippen molar-refractivity contribution < 1.29 is 12.6 Å². The van der Waals surface area contributed by atoms with Crippen LogP contribution in [0.1, 0.15) is 13.8 Å². The van der Waals surface area contributed by atoms with Gasteiger partial charge in [0.1, 0.15) is 0 Å². The van der Waals surface area contributed by atoms with Crippen LogP contribution in [0.25, 0.3) is 0 Å². The smallest absolute Gasteiger partial charge is 0.260 e. The molecule has 0 amide bonds. The van der Waals surface area contributed by atoms with Crippen molar-refractivity contribution in [3.05, 3.63) is 0 Å². The normalized spacial score (nSPS) is 40.2. The molecule has 12 heavy (non-hydrogen) atoms. The summed E-state index contributed by atoms with van der Waals surface area (Å²) in [6.45, 7) is 3.70. The highest BCUT2D eigenvalue weighted by molar-refractivity contribution is 8.70. The third-order valence-corrected chi connectivity index (χ3v) is 5.31. The average molecular weight is 206 g/mol. The zero-order chi connectivity index (χ0) is 9.41. The fourth-order valence-corrected chi connectivity index (χ4v) is 3.94. The molecule has 1 heterocycles. The van der Waals surface area contributed by atoms with Crippen molar-refractivity contribution in [3.63, 3.8) is 0 Å². The predicted molar refractivity (Wildman–Crippen MR) is 48.9 cm³/mol. The van der Waals surface area contributed by atoms with Gasteiger partial charge in [-0.25, -0.2) is 0 Å². The van der Waals surface area contributed by atoms with E-state index < -0.39 is 14.6 Å². The van der Waals surface area contributed by atoms with Crippen LogP contribution in [0.15, 0.2) is 0 Å². The Labute approximate surface area is 76.4 Å². The molecule has 1 rings (SSSR count). The maximum Gasteiger partial charge on any atom is 0.322 e. The molecule has 0 bridgehead atoms. The highest BCUT2D eigenvalue weighted by Gasteiger charge is 2.40. The fraction of sp³-hybridized carbons (Fsp3) is 0.714. The standard InChI is InChI=1S/C7H10O3S2/c1-4-7(3)5-10-12(8,9)11-6(7)2/h1,6H,5H2,2-3H3. The number of terminal acetylenes is 1. The van der Waals surface area contributed by atoms with E-state index in [1.54, 1.807) is 6.92 Å². The first-order valence-electron chi connectivity index (χ1n) is 3.45. The van der Waals surface area contributed by atoms with Crippen molar-refractivity contribution in [2.45, 2.75) is 19.1 Å². The molecule has 2 unspecified atom stereocenters. The lowest BCUT2D eigenvalue weighted by Crippen LogP contribution is -2.37. The number of hydrogen-bond acceptors (Lipinski definition) is 4. The summed E-state index contributed by atoms with van der Waals surface area (Å²) < 4.78 is 26.5. The maximum absolute atomic E-state index is 10.9. The Balaban J connectivity index is 2.88. The third kappa shape index (κ3) is 1.76. The van der Waals surface area contributed by atoms with E-state index in [1.165, 1.54) is 0 Å². The first-order chi connectivity index (χ1) is 5.40. The molecule has 1 fully saturated rings. The maximum atomic E-state index is 10.9. The summed E-state index contributed by atoms with van der Waals surface area (Å²) in [4.78, 5) is 0. The summed E-state index contributed by atoms with van der Waals surface area (Å²) in [5.41, 5.74) is -0.476. The third-order valence-electron chi connectivity index (χ3n) is 1.99. The van der Waals surface area contributed by atoms with Gasteiger partial charge >= 0.3 is 9.15 Å². The SMILES string of the molecule is C#CC1(C)COS(=O)(=O)SC1C. The van der Waals surface area contributed by atoms with Gasteiger partial charge in [-0.2, -0.15) is 8.42 Å². The lowest BCUT2D eigenvalue weighted by atomic mass is 9.89. The van der Waals surface area contributed by atoms with E-state index >= 15 is 0 Å². The second kappa shape index (κ2) is 2.95. The van der Waals surface area contributed by atoms with Crippen LogP contribution in [-0.4, -0.2) is 20.3 Å². The van der Waals surface area contributed by atoms with Gasteiger partial charge in [-0.1, -0.05) is 12.8 Å². The zero-order valence-corrected chi connectivity index (χ0v) is 8.54. The summed E-state index contributed by atoms with van der Waals surface area (Å²) in [7, 11) is -2.61. The van der Waals surface area contributed by atoms with Crippen LogP contribution in [0, 0.1) is 17.8 Å². The van der Waals surface area contributed by atoms with Crippen LogP contribution in [-0.2, 0) is 13.3 Å². The van der Waals surface area contributed by atoms with Crippen molar-refractivity contribution in [1.82, 2.24) is 0 Å². The highest BCUT2D eigenvalue weighted by Crippen LogP contribution is 2.39. The molecule has 0 N–H and O–H groups in total. The molecule has 0 aromatic heterocycles. The Morgan fingerprint density at radius 2 is 2.33 bits per heavy atom. The van der Waals surface area contributed by atoms with Crippen molar-refractivity contribution in [2.75, 3.05) is 6.61 Å². The molecule has 0 spiro atoms. The Morgan fingerprint density at radius 3 is 2.75 bits per heavy atom. The molecule has 3 nitrogen and oxygen atoms in total. The molecule has 0 aromatic carbocycles. The quantitative estimate of drug-likeness (QED) is 0.438. The summed E-state index contributed by atoms with van der Waals surface area (Å²) >= 11 is 0. The predicted octanol–water partition coefficient (Wildman–Crippen LogP) is 1.02. The molecule has 1 aliphatic rings. The minimum absolute atomic E-state index is 0.0833. The van der Waals surface area contributed by atoms with Crippen molar-refractivity contribution in [1.29, 1.82) is 0 Å². The lowest BCUT2D eigenvalue weighted by molar-refractivity contribution is 0.218. The highest BCUT2D eigenvalue weighted by atomic mass is 33.1. The molecule has 0 saturated carbocycles. The van der Waals surface area contributed by atoms with Crippen molar-refractivity contribution in [3.8, 4) is 12.3 Å². The molecule has 1 saturated heterocycles. The molecular formula is C7H10O3S2. The van der Waals surface area contributed by atoms with E-state index in [-0.39, 0.29) is 11.9 Å². The van der Waals surface area contributed by atoms with Gasteiger partial charge in [-0.05, 0) is 6.92 Å². The van der Waals surface area contributed by atoms with Gasteiger partial charge in [0.2, 0.25) is 0 Å². The molecule has 0 aliphatic carbocycles. The van der Waals surface area contributed by atoms with Crippen LogP contribution in [0.2, 0.25) is 0 Å². The van der Waals surface area contributed by atoms with Crippen LogP contribution >= 0.6 is 10.8 Å². The molecule has 5 heteroatoms. The van der Waals surface area contributed by atoms with Gasteiger partial charge in [-0.15, -0.1) is 6.42 Å². The Morgan fingerprint density at radius 1 is 1.75 bits per heavy atom. The molecule has 2 atom stereocenters. The van der Waals surface area contributed by atoms with Crippen molar-refractivity contribution in [2.24, 2.45) is 5.41 Å². The monoisotopic (exact) mass is 206 g/mol. The Bertz CT molecular complexity index is 314. The van der Waals surface area contributed by atoms with Crippen LogP contribution < -0.4 is 0 Å². The van der Waals surface area contributed by atoms with E-state index in [0.29, 0.717) is 0 Å². The van der Waals surface area contributed by atoms with E-state index in [4.69, 9.17) is 6.42 Å². The van der Waals surface area contributed by atoms with Gasteiger partial charge < -0.3 is 0 Å². The summed E-state index contributed by atoms with van der Waals surface area (Å²) in [5, 5.41) is -0.124. The van der Waals surface area contributed by atoms with Crippen LogP contribution in [0.3, 0.4) is 0 Å². The van der Waals surface area contributed by atoms with E-state index in [9.17, 15) is 8.42 Å². The summed E-state index contributed by atoms with van der Waals surface area (Å²) in [6, 6.07) is 0. The molecular weight excluding hydrogens is 196 g/mol. The minimum atomic E-state index is -3.39. The number of rotatable bonds is 0. The molecule has 1 aliphatic heterocycles. The first kappa shape index (κ1) is 9.90. The van der Waals surface area contributed by atoms with Gasteiger partial charge in [0.15, 0.2) is 0 Å². The van der Waals surface area contributed by atoms with Crippen LogP contribution in [0.4, 0.5) is 0 Å². The average Bonchev–Trinajstić information content (AvgIpc) is 1.97. The van der Waals surface area contributed by atoms with Gasteiger partial charge in [0, 0.05) is 16.0 Å². The first-order valence-corrected chi connectivity index (χ1v) is 6.25. The van der Waals surface area contributed by atoms with Gasteiger partial charge in [0.25, 0.3) is 0 Å². The minimum Gasteiger partial charge on any atom is -0.260 e. The van der Waals surface area contributed by atoms with E-state index in [0.717, 1.165) is 10.8 Å². The Hall–Kier alpha value is -0.180. The molecule has 68 valence electrons. The number of hydrogen-bond donors (Lipinski definition) is 0.